The van der Waals surface area contributed by atoms with Crippen LogP contribution in [0.1, 0.15) is 37.0 Å². The van der Waals surface area contributed by atoms with Gasteiger partial charge in [0.2, 0.25) is 0 Å². The molecule has 0 spiro atoms. The molecule has 0 aliphatic heterocycles. The Morgan fingerprint density at radius 2 is 2.30 bits per heavy atom. The summed E-state index contributed by atoms with van der Waals surface area (Å²) in [5.74, 6) is 4.60. The van der Waals surface area contributed by atoms with Crippen molar-refractivity contribution >= 4 is 17.4 Å². The van der Waals surface area contributed by atoms with Gasteiger partial charge < -0.3 is 20.4 Å². The Labute approximate surface area is 117 Å². The third-order valence-corrected chi connectivity index (χ3v) is 3.15. The van der Waals surface area contributed by atoms with Crippen molar-refractivity contribution in [1.29, 1.82) is 0 Å². The van der Waals surface area contributed by atoms with Crippen LogP contribution in [0.3, 0.4) is 0 Å². The topological polar surface area (TPSA) is 114 Å². The fraction of sp³-hybridized carbons (Fsp3) is 0.500. The van der Waals surface area contributed by atoms with Gasteiger partial charge in [-0.2, -0.15) is 0 Å². The number of hydrogen-bond donors (Lipinski definition) is 2. The molecule has 0 bridgehead atoms. The zero-order chi connectivity index (χ0) is 15.3. The fourth-order valence-electron chi connectivity index (χ4n) is 1.84. The molecule has 1 heterocycles. The smallest absolute Gasteiger partial charge is 0.358 e. The number of nitrogens with zero attached hydrogens (tertiary/aromatic N) is 3. The summed E-state index contributed by atoms with van der Waals surface area (Å²) in [6, 6.07) is 1.16. The lowest BCUT2D eigenvalue weighted by Gasteiger charge is -2.25. The number of nitrogen functional groups attached to an aromatic ring is 1. The van der Waals surface area contributed by atoms with Gasteiger partial charge >= 0.3 is 5.82 Å². The predicted molar refractivity (Wildman–Crippen MR) is 75.2 cm³/mol. The SMILES string of the molecule is CCCC(C)N(C)C(=O)c1cc([N+](=O)[O-])ncc1NN. The normalized spacial score (nSPS) is 11.8. The van der Waals surface area contributed by atoms with Crippen LogP contribution in [-0.2, 0) is 0 Å². The molecule has 0 saturated carbocycles. The molecule has 0 fully saturated rings. The minimum Gasteiger partial charge on any atom is -0.358 e. The zero-order valence-corrected chi connectivity index (χ0v) is 11.8. The summed E-state index contributed by atoms with van der Waals surface area (Å²) in [6.07, 6.45) is 2.97. The lowest BCUT2D eigenvalue weighted by Crippen LogP contribution is -2.35. The van der Waals surface area contributed by atoms with Crippen molar-refractivity contribution in [3.8, 4) is 0 Å². The number of nitrogens with two attached hydrogens (primary N) is 1. The van der Waals surface area contributed by atoms with E-state index in [2.05, 4.69) is 10.4 Å². The average Bonchev–Trinajstić information content (AvgIpc) is 2.45. The molecule has 3 N–H and O–H groups in total. The molecular weight excluding hydrogens is 262 g/mol. The Hall–Kier alpha value is -2.22. The third-order valence-electron chi connectivity index (χ3n) is 3.15. The molecule has 20 heavy (non-hydrogen) atoms. The number of carbonyl (C=O) groups excluding carboxylic acids is 1. The second-order valence-electron chi connectivity index (χ2n) is 4.54. The molecule has 1 atom stereocenters. The van der Waals surface area contributed by atoms with Crippen molar-refractivity contribution in [2.75, 3.05) is 12.5 Å². The van der Waals surface area contributed by atoms with Crippen LogP contribution in [0.2, 0.25) is 0 Å². The molecule has 110 valence electrons. The van der Waals surface area contributed by atoms with Gasteiger partial charge in [0.25, 0.3) is 5.91 Å². The maximum Gasteiger partial charge on any atom is 0.364 e. The van der Waals surface area contributed by atoms with E-state index < -0.39 is 4.92 Å². The van der Waals surface area contributed by atoms with Gasteiger partial charge in [0, 0.05) is 13.1 Å². The number of hydrazine groups is 1. The first-order chi connectivity index (χ1) is 9.42. The first-order valence-corrected chi connectivity index (χ1v) is 6.30. The average molecular weight is 281 g/mol. The number of aromatic nitrogens is 1. The van der Waals surface area contributed by atoms with E-state index >= 15 is 0 Å². The van der Waals surface area contributed by atoms with Crippen LogP contribution < -0.4 is 11.3 Å². The number of nitro groups is 1. The summed E-state index contributed by atoms with van der Waals surface area (Å²) < 4.78 is 0. The number of carbonyl (C=O) groups is 1. The van der Waals surface area contributed by atoms with Gasteiger partial charge in [0.05, 0.1) is 11.6 Å². The van der Waals surface area contributed by atoms with E-state index in [4.69, 9.17) is 5.84 Å². The molecule has 1 aromatic heterocycles. The monoisotopic (exact) mass is 281 g/mol. The van der Waals surface area contributed by atoms with Gasteiger partial charge in [0.15, 0.2) is 6.20 Å². The predicted octanol–water partition coefficient (Wildman–Crippen LogP) is 1.54. The van der Waals surface area contributed by atoms with Crippen molar-refractivity contribution in [2.45, 2.75) is 32.7 Å². The van der Waals surface area contributed by atoms with E-state index in [9.17, 15) is 14.9 Å². The second-order valence-corrected chi connectivity index (χ2v) is 4.54. The number of pyridine rings is 1. The second kappa shape index (κ2) is 6.80. The highest BCUT2D eigenvalue weighted by Crippen LogP contribution is 2.21. The van der Waals surface area contributed by atoms with Crippen molar-refractivity contribution in [2.24, 2.45) is 5.84 Å². The highest BCUT2D eigenvalue weighted by atomic mass is 16.6. The highest BCUT2D eigenvalue weighted by Gasteiger charge is 2.23. The van der Waals surface area contributed by atoms with E-state index in [0.717, 1.165) is 18.9 Å². The van der Waals surface area contributed by atoms with Gasteiger partial charge in [-0.3, -0.25) is 10.6 Å². The molecule has 0 aromatic carbocycles. The molecule has 0 aliphatic carbocycles. The molecule has 1 amide bonds. The first kappa shape index (κ1) is 15.8. The molecule has 8 nitrogen and oxygen atoms in total. The summed E-state index contributed by atoms with van der Waals surface area (Å²) in [4.78, 5) is 27.7. The van der Waals surface area contributed by atoms with Crippen LogP contribution in [0.25, 0.3) is 0 Å². The van der Waals surface area contributed by atoms with E-state index in [-0.39, 0.29) is 29.0 Å². The molecule has 1 rings (SSSR count). The van der Waals surface area contributed by atoms with Crippen LogP contribution in [-0.4, -0.2) is 33.8 Å². The Morgan fingerprint density at radius 3 is 2.80 bits per heavy atom. The largest absolute Gasteiger partial charge is 0.364 e. The van der Waals surface area contributed by atoms with Gasteiger partial charge in [0.1, 0.15) is 5.69 Å². The van der Waals surface area contributed by atoms with Crippen LogP contribution in [0.4, 0.5) is 11.5 Å². The lowest BCUT2D eigenvalue weighted by molar-refractivity contribution is -0.389. The van der Waals surface area contributed by atoms with E-state index in [0.29, 0.717) is 0 Å². The molecule has 0 aliphatic rings. The maximum atomic E-state index is 12.4. The van der Waals surface area contributed by atoms with Crippen LogP contribution in [0, 0.1) is 10.1 Å². The Kier molecular flexibility index (Phi) is 5.39. The van der Waals surface area contributed by atoms with Gasteiger partial charge in [-0.1, -0.05) is 13.3 Å². The summed E-state index contributed by atoms with van der Waals surface area (Å²) in [5, 5.41) is 10.7. The van der Waals surface area contributed by atoms with E-state index in [1.807, 2.05) is 13.8 Å². The number of rotatable bonds is 6. The summed E-state index contributed by atoms with van der Waals surface area (Å²) in [5.41, 5.74) is 2.73. The Morgan fingerprint density at radius 1 is 1.65 bits per heavy atom. The van der Waals surface area contributed by atoms with Crippen LogP contribution >= 0.6 is 0 Å². The summed E-state index contributed by atoms with van der Waals surface area (Å²) in [7, 11) is 1.66. The molecule has 0 radical (unpaired) electrons. The summed E-state index contributed by atoms with van der Waals surface area (Å²) in [6.45, 7) is 3.95. The van der Waals surface area contributed by atoms with Gasteiger partial charge in [-0.25, -0.2) is 0 Å². The minimum atomic E-state index is -0.646. The van der Waals surface area contributed by atoms with Crippen molar-refractivity contribution in [1.82, 2.24) is 9.88 Å². The first-order valence-electron chi connectivity index (χ1n) is 6.30. The summed E-state index contributed by atoms with van der Waals surface area (Å²) >= 11 is 0. The van der Waals surface area contributed by atoms with E-state index in [1.165, 1.54) is 6.20 Å². The van der Waals surface area contributed by atoms with Crippen molar-refractivity contribution < 1.29 is 9.72 Å². The fourth-order valence-corrected chi connectivity index (χ4v) is 1.84. The van der Waals surface area contributed by atoms with Crippen molar-refractivity contribution in [3.63, 3.8) is 0 Å². The third kappa shape index (κ3) is 3.41. The maximum absolute atomic E-state index is 12.4. The molecule has 1 unspecified atom stereocenters. The molecular formula is C12H19N5O3. The standard InChI is InChI=1S/C12H19N5O3/c1-4-5-8(2)16(3)12(18)9-6-11(17(19)20)14-7-10(9)15-13/h6-8,15H,4-5,13H2,1-3H3. The molecule has 1 aromatic rings. The van der Waals surface area contributed by atoms with Crippen molar-refractivity contribution in [3.05, 3.63) is 27.9 Å². The number of anilines is 1. The number of amides is 1. The van der Waals surface area contributed by atoms with Gasteiger partial charge in [-0.15, -0.1) is 0 Å². The molecule has 0 saturated heterocycles. The number of hydrogen-bond acceptors (Lipinski definition) is 6. The zero-order valence-electron chi connectivity index (χ0n) is 11.8. The number of nitrogens with one attached hydrogen (secondary N) is 1. The molecule has 8 heteroatoms. The van der Waals surface area contributed by atoms with Gasteiger partial charge in [-0.05, 0) is 23.3 Å². The Bertz CT molecular complexity index is 506. The lowest BCUT2D eigenvalue weighted by atomic mass is 10.1. The van der Waals surface area contributed by atoms with Crippen LogP contribution in [0.5, 0.6) is 0 Å². The Balaban J connectivity index is 3.12. The van der Waals surface area contributed by atoms with Crippen LogP contribution in [0.15, 0.2) is 12.3 Å². The minimum absolute atomic E-state index is 0.0327. The quantitative estimate of drug-likeness (QED) is 0.464. The van der Waals surface area contributed by atoms with E-state index in [1.54, 1.807) is 11.9 Å². The highest BCUT2D eigenvalue weighted by molar-refractivity contribution is 5.99.